The van der Waals surface area contributed by atoms with Crippen molar-refractivity contribution in [3.05, 3.63) is 0 Å². The molecule has 1 aliphatic carbocycles. The van der Waals surface area contributed by atoms with Crippen LogP contribution in [0.25, 0.3) is 0 Å². The molecule has 2 unspecified atom stereocenters. The molecule has 0 aromatic rings. The van der Waals surface area contributed by atoms with E-state index in [0.717, 1.165) is 26.1 Å². The van der Waals surface area contributed by atoms with Crippen molar-refractivity contribution < 1.29 is 14.2 Å². The number of ether oxygens (including phenoxy) is 3. The van der Waals surface area contributed by atoms with Crippen LogP contribution in [0.2, 0.25) is 0 Å². The van der Waals surface area contributed by atoms with Gasteiger partial charge in [-0.2, -0.15) is 0 Å². The van der Waals surface area contributed by atoms with Crippen molar-refractivity contribution in [3.63, 3.8) is 0 Å². The van der Waals surface area contributed by atoms with Gasteiger partial charge in [-0.25, -0.2) is 0 Å². The molecule has 1 saturated carbocycles. The molecule has 4 nitrogen and oxygen atoms in total. The highest BCUT2D eigenvalue weighted by atomic mass is 16.5. The van der Waals surface area contributed by atoms with E-state index in [1.54, 1.807) is 7.11 Å². The summed E-state index contributed by atoms with van der Waals surface area (Å²) in [7, 11) is 1.68. The quantitative estimate of drug-likeness (QED) is 0.677. The molecule has 0 amide bonds. The Kier molecular flexibility index (Phi) is 7.15. The Morgan fingerprint density at radius 1 is 1.17 bits per heavy atom. The van der Waals surface area contributed by atoms with Gasteiger partial charge in [-0.3, -0.25) is 0 Å². The zero-order chi connectivity index (χ0) is 13.4. The predicted molar refractivity (Wildman–Crippen MR) is 72.7 cm³/mol. The molecule has 1 fully saturated rings. The number of methoxy groups -OCH3 is 1. The van der Waals surface area contributed by atoms with Gasteiger partial charge in [-0.15, -0.1) is 0 Å². The average Bonchev–Trinajstić information content (AvgIpc) is 2.33. The highest BCUT2D eigenvalue weighted by Gasteiger charge is 2.36. The van der Waals surface area contributed by atoms with Crippen LogP contribution in [0.4, 0.5) is 0 Å². The summed E-state index contributed by atoms with van der Waals surface area (Å²) in [6, 6.07) is 0.153. The zero-order valence-corrected chi connectivity index (χ0v) is 12.1. The van der Waals surface area contributed by atoms with Crippen LogP contribution in [0.15, 0.2) is 0 Å². The van der Waals surface area contributed by atoms with Crippen LogP contribution in [0.5, 0.6) is 0 Å². The lowest BCUT2D eigenvalue weighted by atomic mass is 9.72. The molecular formula is C14H29NO3. The highest BCUT2D eigenvalue weighted by molar-refractivity contribution is 4.91. The van der Waals surface area contributed by atoms with E-state index in [1.807, 2.05) is 0 Å². The van der Waals surface area contributed by atoms with E-state index in [9.17, 15) is 0 Å². The van der Waals surface area contributed by atoms with Gasteiger partial charge in [-0.1, -0.05) is 20.3 Å². The van der Waals surface area contributed by atoms with Crippen molar-refractivity contribution in [3.8, 4) is 0 Å². The molecule has 2 N–H and O–H groups in total. The number of nitrogens with two attached hydrogens (primary N) is 1. The van der Waals surface area contributed by atoms with Gasteiger partial charge < -0.3 is 19.9 Å². The second-order valence-corrected chi connectivity index (χ2v) is 5.77. The fraction of sp³-hybridized carbons (Fsp3) is 1.00. The van der Waals surface area contributed by atoms with Gasteiger partial charge in [0.15, 0.2) is 0 Å². The molecule has 108 valence electrons. The minimum atomic E-state index is 0.153. The third-order valence-electron chi connectivity index (χ3n) is 3.81. The number of hydrogen-bond donors (Lipinski definition) is 1. The van der Waals surface area contributed by atoms with Crippen LogP contribution >= 0.6 is 0 Å². The Hall–Kier alpha value is -0.160. The van der Waals surface area contributed by atoms with Crippen molar-refractivity contribution in [2.24, 2.45) is 11.1 Å². The molecule has 18 heavy (non-hydrogen) atoms. The Bertz CT molecular complexity index is 221. The van der Waals surface area contributed by atoms with E-state index < -0.39 is 0 Å². The van der Waals surface area contributed by atoms with Gasteiger partial charge in [0.2, 0.25) is 0 Å². The maximum Gasteiger partial charge on any atom is 0.0731 e. The molecule has 0 saturated heterocycles. The van der Waals surface area contributed by atoms with E-state index >= 15 is 0 Å². The standard InChI is InChI=1S/C14H29NO3/c1-14(2)7-4-6-12(13(14)15)18-9-5-8-17-11-10-16-3/h12-13H,4-11,15H2,1-3H3. The first-order chi connectivity index (χ1) is 8.58. The first-order valence-electron chi connectivity index (χ1n) is 7.02. The molecule has 0 heterocycles. The fourth-order valence-corrected chi connectivity index (χ4v) is 2.44. The summed E-state index contributed by atoms with van der Waals surface area (Å²) in [6.07, 6.45) is 4.65. The third kappa shape index (κ3) is 5.22. The molecule has 1 aliphatic rings. The molecule has 0 radical (unpaired) electrons. The molecule has 2 atom stereocenters. The number of hydrogen-bond acceptors (Lipinski definition) is 4. The maximum absolute atomic E-state index is 6.26. The normalized spacial score (nSPS) is 27.3. The van der Waals surface area contributed by atoms with Gasteiger partial charge in [0.05, 0.1) is 19.3 Å². The maximum atomic E-state index is 6.26. The summed E-state index contributed by atoms with van der Waals surface area (Å²) in [5, 5.41) is 0. The summed E-state index contributed by atoms with van der Waals surface area (Å²) >= 11 is 0. The minimum Gasteiger partial charge on any atom is -0.382 e. The van der Waals surface area contributed by atoms with Crippen molar-refractivity contribution in [1.29, 1.82) is 0 Å². The van der Waals surface area contributed by atoms with Crippen LogP contribution in [0.3, 0.4) is 0 Å². The lowest BCUT2D eigenvalue weighted by Gasteiger charge is -2.41. The Morgan fingerprint density at radius 2 is 1.94 bits per heavy atom. The second kappa shape index (κ2) is 8.10. The van der Waals surface area contributed by atoms with Gasteiger partial charge >= 0.3 is 0 Å². The lowest BCUT2D eigenvalue weighted by Crippen LogP contribution is -2.50. The topological polar surface area (TPSA) is 53.7 Å². The van der Waals surface area contributed by atoms with Crippen LogP contribution < -0.4 is 5.73 Å². The molecule has 1 rings (SSSR count). The lowest BCUT2D eigenvalue weighted by molar-refractivity contribution is -0.0326. The molecule has 0 bridgehead atoms. The van der Waals surface area contributed by atoms with Crippen molar-refractivity contribution >= 4 is 0 Å². The number of rotatable bonds is 8. The Morgan fingerprint density at radius 3 is 2.67 bits per heavy atom. The first kappa shape index (κ1) is 15.9. The van der Waals surface area contributed by atoms with E-state index in [2.05, 4.69) is 13.8 Å². The second-order valence-electron chi connectivity index (χ2n) is 5.77. The summed E-state index contributed by atoms with van der Waals surface area (Å²) in [6.45, 7) is 7.26. The molecule has 0 aliphatic heterocycles. The zero-order valence-electron chi connectivity index (χ0n) is 12.1. The smallest absolute Gasteiger partial charge is 0.0731 e. The van der Waals surface area contributed by atoms with Crippen molar-refractivity contribution in [2.75, 3.05) is 33.5 Å². The molecule has 0 aromatic heterocycles. The van der Waals surface area contributed by atoms with Gasteiger partial charge in [0.1, 0.15) is 0 Å². The molecule has 4 heteroatoms. The molecule has 0 spiro atoms. The minimum absolute atomic E-state index is 0.153. The van der Waals surface area contributed by atoms with Crippen LogP contribution in [-0.2, 0) is 14.2 Å². The Balaban J connectivity index is 2.08. The van der Waals surface area contributed by atoms with E-state index in [-0.39, 0.29) is 17.6 Å². The summed E-state index contributed by atoms with van der Waals surface area (Å²) in [5.74, 6) is 0. The first-order valence-corrected chi connectivity index (χ1v) is 7.02. The SMILES string of the molecule is COCCOCCCOC1CCCC(C)(C)C1N. The third-order valence-corrected chi connectivity index (χ3v) is 3.81. The van der Waals surface area contributed by atoms with Gasteiger partial charge in [0.25, 0.3) is 0 Å². The monoisotopic (exact) mass is 259 g/mol. The summed E-state index contributed by atoms with van der Waals surface area (Å²) in [5.41, 5.74) is 6.47. The Labute approximate surface area is 111 Å². The summed E-state index contributed by atoms with van der Waals surface area (Å²) < 4.78 is 16.2. The molecular weight excluding hydrogens is 230 g/mol. The van der Waals surface area contributed by atoms with Gasteiger partial charge in [-0.05, 0) is 24.7 Å². The average molecular weight is 259 g/mol. The largest absolute Gasteiger partial charge is 0.382 e. The van der Waals surface area contributed by atoms with E-state index in [1.165, 1.54) is 12.8 Å². The van der Waals surface area contributed by atoms with Crippen molar-refractivity contribution in [1.82, 2.24) is 0 Å². The van der Waals surface area contributed by atoms with Crippen LogP contribution in [0.1, 0.15) is 39.5 Å². The van der Waals surface area contributed by atoms with Crippen molar-refractivity contribution in [2.45, 2.75) is 51.7 Å². The predicted octanol–water partition coefficient (Wildman–Crippen LogP) is 1.96. The summed E-state index contributed by atoms with van der Waals surface area (Å²) in [4.78, 5) is 0. The van der Waals surface area contributed by atoms with E-state index in [4.69, 9.17) is 19.9 Å². The fourth-order valence-electron chi connectivity index (χ4n) is 2.44. The van der Waals surface area contributed by atoms with E-state index in [0.29, 0.717) is 13.2 Å². The van der Waals surface area contributed by atoms with Gasteiger partial charge in [0, 0.05) is 26.4 Å². The highest BCUT2D eigenvalue weighted by Crippen LogP contribution is 2.35. The van der Waals surface area contributed by atoms with Crippen LogP contribution in [0, 0.1) is 5.41 Å². The van der Waals surface area contributed by atoms with Crippen LogP contribution in [-0.4, -0.2) is 45.7 Å². The molecule has 0 aromatic carbocycles.